The Bertz CT molecular complexity index is 472. The minimum atomic E-state index is -0.547. The van der Waals surface area contributed by atoms with Crippen molar-refractivity contribution in [1.29, 1.82) is 0 Å². The number of hydrogen-bond acceptors (Lipinski definition) is 4. The molecule has 1 saturated heterocycles. The maximum atomic E-state index is 10.8. The van der Waals surface area contributed by atoms with Crippen molar-refractivity contribution in [3.63, 3.8) is 0 Å². The number of ether oxygens (including phenoxy) is 1. The highest BCUT2D eigenvalue weighted by molar-refractivity contribution is 5.87. The van der Waals surface area contributed by atoms with Gasteiger partial charge in [-0.05, 0) is 38.0 Å². The van der Waals surface area contributed by atoms with Crippen LogP contribution in [0.25, 0.3) is 0 Å². The van der Waals surface area contributed by atoms with E-state index in [0.29, 0.717) is 17.8 Å². The van der Waals surface area contributed by atoms with E-state index >= 15 is 0 Å². The number of nitrogens with one attached hydrogen (secondary N) is 3. The molecule has 2 amide bonds. The Hall–Kier alpha value is -1.63. The first-order chi connectivity index (χ1) is 10.5. The topological polar surface area (TPSA) is 88.4 Å². The maximum Gasteiger partial charge on any atom is 0.316 e. The molecule has 0 saturated carbocycles. The first-order valence-corrected chi connectivity index (χ1v) is 7.78. The van der Waals surface area contributed by atoms with E-state index in [1.54, 1.807) is 0 Å². The van der Waals surface area contributed by atoms with Crippen LogP contribution in [0.4, 0.5) is 10.5 Å². The molecule has 0 aliphatic carbocycles. The molecule has 0 aromatic heterocycles. The molecule has 0 spiro atoms. The second-order valence-electron chi connectivity index (χ2n) is 5.86. The quantitative estimate of drug-likeness (QED) is 0.643. The average molecular weight is 306 g/mol. The van der Waals surface area contributed by atoms with Gasteiger partial charge in [0.2, 0.25) is 0 Å². The number of nitrogens with two attached hydrogens (primary N) is 1. The molecule has 22 heavy (non-hydrogen) atoms. The zero-order valence-electron chi connectivity index (χ0n) is 13.3. The fourth-order valence-electron chi connectivity index (χ4n) is 2.79. The Balaban J connectivity index is 1.82. The summed E-state index contributed by atoms with van der Waals surface area (Å²) in [4.78, 5) is 10.8. The summed E-state index contributed by atoms with van der Waals surface area (Å²) in [7, 11) is 0. The molecule has 1 aliphatic rings. The van der Waals surface area contributed by atoms with Gasteiger partial charge in [0.15, 0.2) is 0 Å². The maximum absolute atomic E-state index is 10.8. The van der Waals surface area contributed by atoms with Crippen LogP contribution in [0.5, 0.6) is 0 Å². The van der Waals surface area contributed by atoms with Crippen molar-refractivity contribution in [3.05, 3.63) is 29.8 Å². The average Bonchev–Trinajstić information content (AvgIpc) is 2.48. The van der Waals surface area contributed by atoms with Gasteiger partial charge in [-0.3, -0.25) is 0 Å². The molecule has 122 valence electrons. The minimum Gasteiger partial charge on any atom is -0.379 e. The summed E-state index contributed by atoms with van der Waals surface area (Å²) >= 11 is 0. The number of morpholine rings is 1. The SMILES string of the molecule is CC(CC1COCCN1)NC(C)c1ccc(NC(N)=O)cc1. The van der Waals surface area contributed by atoms with Crippen molar-refractivity contribution in [2.75, 3.05) is 25.1 Å². The molecular formula is C16H26N4O2. The van der Waals surface area contributed by atoms with Gasteiger partial charge in [-0.15, -0.1) is 0 Å². The zero-order valence-corrected chi connectivity index (χ0v) is 13.3. The van der Waals surface area contributed by atoms with Gasteiger partial charge in [0, 0.05) is 30.4 Å². The lowest BCUT2D eigenvalue weighted by molar-refractivity contribution is 0.0708. The fraction of sp³-hybridized carbons (Fsp3) is 0.562. The smallest absolute Gasteiger partial charge is 0.316 e. The Morgan fingerprint density at radius 3 is 2.73 bits per heavy atom. The number of rotatable bonds is 6. The Morgan fingerprint density at radius 1 is 1.41 bits per heavy atom. The lowest BCUT2D eigenvalue weighted by atomic mass is 10.0. The number of amides is 2. The van der Waals surface area contributed by atoms with Crippen molar-refractivity contribution >= 4 is 11.7 Å². The van der Waals surface area contributed by atoms with Crippen LogP contribution in [-0.2, 0) is 4.74 Å². The van der Waals surface area contributed by atoms with Gasteiger partial charge in [0.25, 0.3) is 0 Å². The van der Waals surface area contributed by atoms with Gasteiger partial charge in [0.05, 0.1) is 13.2 Å². The van der Waals surface area contributed by atoms with E-state index in [0.717, 1.165) is 26.2 Å². The third-order valence-electron chi connectivity index (χ3n) is 3.85. The lowest BCUT2D eigenvalue weighted by Gasteiger charge is -2.28. The van der Waals surface area contributed by atoms with E-state index in [4.69, 9.17) is 10.5 Å². The highest BCUT2D eigenvalue weighted by atomic mass is 16.5. The second kappa shape index (κ2) is 8.12. The van der Waals surface area contributed by atoms with E-state index < -0.39 is 6.03 Å². The normalized spacial score (nSPS) is 21.1. The van der Waals surface area contributed by atoms with Crippen LogP contribution in [-0.4, -0.2) is 37.9 Å². The zero-order chi connectivity index (χ0) is 15.9. The lowest BCUT2D eigenvalue weighted by Crippen LogP contribution is -2.45. The molecule has 1 fully saturated rings. The number of primary amides is 1. The summed E-state index contributed by atoms with van der Waals surface area (Å²) in [5.74, 6) is 0. The van der Waals surface area contributed by atoms with E-state index in [1.807, 2.05) is 24.3 Å². The van der Waals surface area contributed by atoms with Crippen molar-refractivity contribution in [2.45, 2.75) is 38.4 Å². The van der Waals surface area contributed by atoms with Crippen LogP contribution in [0.1, 0.15) is 31.9 Å². The molecule has 5 N–H and O–H groups in total. The Labute approximate surface area is 131 Å². The van der Waals surface area contributed by atoms with Gasteiger partial charge in [-0.2, -0.15) is 0 Å². The highest BCUT2D eigenvalue weighted by Crippen LogP contribution is 2.17. The van der Waals surface area contributed by atoms with Gasteiger partial charge >= 0.3 is 6.03 Å². The van der Waals surface area contributed by atoms with Crippen LogP contribution in [0.15, 0.2) is 24.3 Å². The van der Waals surface area contributed by atoms with E-state index in [9.17, 15) is 4.79 Å². The third kappa shape index (κ3) is 5.29. The summed E-state index contributed by atoms with van der Waals surface area (Å²) in [6.45, 7) is 6.85. The first kappa shape index (κ1) is 16.7. The number of benzene rings is 1. The van der Waals surface area contributed by atoms with Crippen LogP contribution in [0.2, 0.25) is 0 Å². The summed E-state index contributed by atoms with van der Waals surface area (Å²) in [6.07, 6.45) is 1.03. The number of carbonyl (C=O) groups excluding carboxylic acids is 1. The van der Waals surface area contributed by atoms with E-state index in [-0.39, 0.29) is 6.04 Å². The molecule has 0 bridgehead atoms. The fourth-order valence-corrected chi connectivity index (χ4v) is 2.79. The number of urea groups is 1. The van der Waals surface area contributed by atoms with Crippen molar-refractivity contribution in [1.82, 2.24) is 10.6 Å². The first-order valence-electron chi connectivity index (χ1n) is 7.78. The number of carbonyl (C=O) groups is 1. The van der Waals surface area contributed by atoms with Gasteiger partial charge in [-0.25, -0.2) is 4.79 Å². The van der Waals surface area contributed by atoms with E-state index in [1.165, 1.54) is 5.56 Å². The van der Waals surface area contributed by atoms with Crippen LogP contribution in [0.3, 0.4) is 0 Å². The molecule has 3 atom stereocenters. The van der Waals surface area contributed by atoms with Gasteiger partial charge in [0.1, 0.15) is 0 Å². The molecule has 1 aromatic carbocycles. The van der Waals surface area contributed by atoms with Gasteiger partial charge < -0.3 is 26.4 Å². The van der Waals surface area contributed by atoms with E-state index in [2.05, 4.69) is 29.8 Å². The van der Waals surface area contributed by atoms with Crippen molar-refractivity contribution in [2.24, 2.45) is 5.73 Å². The summed E-state index contributed by atoms with van der Waals surface area (Å²) < 4.78 is 5.48. The number of anilines is 1. The van der Waals surface area contributed by atoms with Crippen molar-refractivity contribution in [3.8, 4) is 0 Å². The minimum absolute atomic E-state index is 0.238. The highest BCUT2D eigenvalue weighted by Gasteiger charge is 2.17. The molecule has 3 unspecified atom stereocenters. The Morgan fingerprint density at radius 2 is 2.14 bits per heavy atom. The Kier molecular flexibility index (Phi) is 6.18. The van der Waals surface area contributed by atoms with Crippen LogP contribution in [0, 0.1) is 0 Å². The van der Waals surface area contributed by atoms with Crippen molar-refractivity contribution < 1.29 is 9.53 Å². The molecular weight excluding hydrogens is 280 g/mol. The molecule has 1 aliphatic heterocycles. The molecule has 0 radical (unpaired) electrons. The summed E-state index contributed by atoms with van der Waals surface area (Å²) in [6, 6.07) is 8.22. The summed E-state index contributed by atoms with van der Waals surface area (Å²) in [5, 5.41) is 9.63. The standard InChI is InChI=1S/C16H26N4O2/c1-11(9-15-10-22-8-7-18-15)19-12(2)13-3-5-14(6-4-13)20-16(17)21/h3-6,11-12,15,18-19H,7-10H2,1-2H3,(H3,17,20,21). The monoisotopic (exact) mass is 306 g/mol. The predicted molar refractivity (Wildman–Crippen MR) is 87.9 cm³/mol. The largest absolute Gasteiger partial charge is 0.379 e. The predicted octanol–water partition coefficient (Wildman–Crippen LogP) is 1.59. The molecule has 1 aromatic rings. The molecule has 2 rings (SSSR count). The summed E-state index contributed by atoms with van der Waals surface area (Å²) in [5.41, 5.74) is 6.98. The van der Waals surface area contributed by atoms with Gasteiger partial charge in [-0.1, -0.05) is 12.1 Å². The van der Waals surface area contributed by atoms with Crippen LogP contribution >= 0.6 is 0 Å². The molecule has 1 heterocycles. The third-order valence-corrected chi connectivity index (χ3v) is 3.85. The number of hydrogen-bond donors (Lipinski definition) is 4. The molecule has 6 heteroatoms. The second-order valence-corrected chi connectivity index (χ2v) is 5.86. The van der Waals surface area contributed by atoms with Crippen LogP contribution < -0.4 is 21.7 Å². The molecule has 6 nitrogen and oxygen atoms in total.